The molecular formula is C12H7ClN5O6S-. The predicted molar refractivity (Wildman–Crippen MR) is 83.9 cm³/mol. The van der Waals surface area contributed by atoms with Gasteiger partial charge in [-0.2, -0.15) is 10.2 Å². The molecule has 0 aliphatic rings. The monoisotopic (exact) mass is 384 g/mol. The van der Waals surface area contributed by atoms with E-state index in [1.165, 1.54) is 36.4 Å². The van der Waals surface area contributed by atoms with E-state index in [0.717, 1.165) is 0 Å². The summed E-state index contributed by atoms with van der Waals surface area (Å²) in [6.07, 6.45) is 0. The van der Waals surface area contributed by atoms with E-state index in [9.17, 15) is 10.1 Å². The minimum absolute atomic E-state index is 0.0131. The van der Waals surface area contributed by atoms with Crippen LogP contribution in [0.1, 0.15) is 0 Å². The maximum atomic E-state index is 10.5. The molecule has 0 spiro atoms. The number of benzene rings is 2. The maximum Gasteiger partial charge on any atom is 0.403 e. The van der Waals surface area contributed by atoms with Crippen LogP contribution in [0.2, 0.25) is 5.02 Å². The third-order valence-electron chi connectivity index (χ3n) is 2.38. The fourth-order valence-corrected chi connectivity index (χ4v) is 1.61. The molecule has 0 amide bonds. The van der Waals surface area contributed by atoms with E-state index in [2.05, 4.69) is 15.2 Å². The number of azo groups is 1. The summed E-state index contributed by atoms with van der Waals surface area (Å²) >= 11 is 5.84. The third-order valence-corrected chi connectivity index (χ3v) is 2.68. The number of rotatable bonds is 3. The van der Waals surface area contributed by atoms with E-state index < -0.39 is 15.3 Å². The number of nitrogens with zero attached hydrogens (tertiary/aromatic N) is 5. The lowest BCUT2D eigenvalue weighted by Gasteiger charge is -2.06. The van der Waals surface area contributed by atoms with E-state index in [1.807, 2.05) is 0 Å². The van der Waals surface area contributed by atoms with Gasteiger partial charge in [0.25, 0.3) is 5.69 Å². The smallest absolute Gasteiger partial charge is 0.403 e. The summed E-state index contributed by atoms with van der Waals surface area (Å²) in [7, 11) is -5.17. The molecule has 2 aromatic carbocycles. The molecule has 0 saturated heterocycles. The van der Waals surface area contributed by atoms with Crippen LogP contribution in [-0.4, -0.2) is 22.4 Å². The summed E-state index contributed by atoms with van der Waals surface area (Å²) in [5.41, 5.74) is 1.17. The highest BCUT2D eigenvalue weighted by Crippen LogP contribution is 2.30. The third kappa shape index (κ3) is 7.90. The Morgan fingerprint density at radius 1 is 1.04 bits per heavy atom. The molecule has 0 heterocycles. The molecule has 0 bridgehead atoms. The standard InChI is InChI=1S/C12H7ClN5O2.H2O4S/c13-11-7-9(3-6-12(11)15-14)17-16-8-1-4-10(5-2-8)18(19)20;1-5(2,3)4/h1-7H;(H2,1,2,3,4)/q+1;/p-2. The van der Waals surface area contributed by atoms with Crippen LogP contribution in [0.15, 0.2) is 52.7 Å². The van der Waals surface area contributed by atoms with Crippen molar-refractivity contribution in [2.75, 3.05) is 0 Å². The van der Waals surface area contributed by atoms with Crippen molar-refractivity contribution >= 4 is 44.7 Å². The Balaban J connectivity index is 0.000000550. The second-order valence-corrected chi connectivity index (χ2v) is 5.34. The average Bonchev–Trinajstić information content (AvgIpc) is 2.52. The summed E-state index contributed by atoms with van der Waals surface area (Å²) in [5.74, 6) is 0. The molecule has 0 fully saturated rings. The SMILES string of the molecule is N#[N+]c1ccc(N=Nc2ccc([N+](=O)[O-])cc2)cc1Cl.O=S(=O)([O-])[O-]. The number of hydrogen-bond acceptors (Lipinski definition) is 9. The van der Waals surface area contributed by atoms with Crippen LogP contribution in [0, 0.1) is 15.5 Å². The Morgan fingerprint density at radius 2 is 1.52 bits per heavy atom. The molecule has 11 nitrogen and oxygen atoms in total. The maximum absolute atomic E-state index is 10.5. The first-order valence-corrected chi connectivity index (χ1v) is 7.79. The van der Waals surface area contributed by atoms with Gasteiger partial charge < -0.3 is 9.11 Å². The molecule has 0 aliphatic heterocycles. The molecule has 25 heavy (non-hydrogen) atoms. The summed E-state index contributed by atoms with van der Waals surface area (Å²) in [4.78, 5) is 13.0. The van der Waals surface area contributed by atoms with Gasteiger partial charge in [-0.1, -0.05) is 11.6 Å². The zero-order valence-corrected chi connectivity index (χ0v) is 13.6. The van der Waals surface area contributed by atoms with Crippen molar-refractivity contribution in [3.05, 3.63) is 62.6 Å². The quantitative estimate of drug-likeness (QED) is 0.193. The highest BCUT2D eigenvalue weighted by Gasteiger charge is 2.11. The number of nitro benzene ring substituents is 1. The van der Waals surface area contributed by atoms with Gasteiger partial charge in [-0.25, -0.2) is 0 Å². The summed E-state index contributed by atoms with van der Waals surface area (Å²) in [6, 6.07) is 10.2. The summed E-state index contributed by atoms with van der Waals surface area (Å²) < 4.78 is 34.1. The fraction of sp³-hybridized carbons (Fsp3) is 0. The van der Waals surface area contributed by atoms with Crippen molar-refractivity contribution < 1.29 is 22.4 Å². The number of diazo groups is 1. The molecule has 2 aromatic rings. The molecule has 0 radical (unpaired) electrons. The van der Waals surface area contributed by atoms with Crippen LogP contribution in [0.3, 0.4) is 0 Å². The minimum atomic E-state index is -5.17. The zero-order valence-electron chi connectivity index (χ0n) is 12.0. The van der Waals surface area contributed by atoms with E-state index in [0.29, 0.717) is 11.4 Å². The van der Waals surface area contributed by atoms with E-state index in [4.69, 9.17) is 34.5 Å². The molecule has 0 aliphatic carbocycles. The summed E-state index contributed by atoms with van der Waals surface area (Å²) in [5, 5.41) is 27.2. The normalized spacial score (nSPS) is 10.6. The molecule has 0 atom stereocenters. The van der Waals surface area contributed by atoms with Gasteiger partial charge in [0.2, 0.25) is 5.39 Å². The molecule has 2 rings (SSSR count). The van der Waals surface area contributed by atoms with Gasteiger partial charge in [-0.3, -0.25) is 18.5 Å². The highest BCUT2D eigenvalue weighted by molar-refractivity contribution is 7.79. The fourth-order valence-electron chi connectivity index (χ4n) is 1.40. The first-order valence-electron chi connectivity index (χ1n) is 6.07. The number of hydrogen-bond donors (Lipinski definition) is 0. The Kier molecular flexibility index (Phi) is 7.03. The second-order valence-electron chi connectivity index (χ2n) is 4.12. The van der Waals surface area contributed by atoms with Crippen LogP contribution < -0.4 is 0 Å². The predicted octanol–water partition coefficient (Wildman–Crippen LogP) is 3.81. The second kappa shape index (κ2) is 8.76. The first-order chi connectivity index (χ1) is 11.6. The highest BCUT2D eigenvalue weighted by atomic mass is 35.5. The number of halogens is 1. The van der Waals surface area contributed by atoms with E-state index in [1.54, 1.807) is 6.07 Å². The molecule has 0 aromatic heterocycles. The zero-order chi connectivity index (χ0) is 19.0. The van der Waals surface area contributed by atoms with Crippen LogP contribution in [0.25, 0.3) is 4.98 Å². The number of non-ortho nitro benzene ring substituents is 1. The van der Waals surface area contributed by atoms with Crippen LogP contribution in [-0.2, 0) is 10.4 Å². The van der Waals surface area contributed by atoms with Crippen molar-refractivity contribution in [1.29, 1.82) is 5.39 Å². The Labute approximate surface area is 145 Å². The van der Waals surface area contributed by atoms with Gasteiger partial charge >= 0.3 is 5.69 Å². The van der Waals surface area contributed by atoms with Crippen LogP contribution >= 0.6 is 11.6 Å². The number of nitro groups is 1. The van der Waals surface area contributed by atoms with Gasteiger partial charge in [0.05, 0.1) is 16.3 Å². The summed E-state index contributed by atoms with van der Waals surface area (Å²) in [6.45, 7) is 0. The van der Waals surface area contributed by atoms with Crippen LogP contribution in [0.5, 0.6) is 0 Å². The molecule has 0 N–H and O–H groups in total. The van der Waals surface area contributed by atoms with Crippen LogP contribution in [0.4, 0.5) is 22.7 Å². The molecule has 0 saturated carbocycles. The van der Waals surface area contributed by atoms with Crippen molar-refractivity contribution in [2.45, 2.75) is 0 Å². The van der Waals surface area contributed by atoms with E-state index in [-0.39, 0.29) is 16.4 Å². The lowest BCUT2D eigenvalue weighted by atomic mass is 10.3. The van der Waals surface area contributed by atoms with Crippen molar-refractivity contribution in [3.8, 4) is 0 Å². The van der Waals surface area contributed by atoms with Crippen molar-refractivity contribution in [2.24, 2.45) is 10.2 Å². The van der Waals surface area contributed by atoms with Gasteiger partial charge in [-0.05, 0) is 24.3 Å². The Morgan fingerprint density at radius 3 is 1.96 bits per heavy atom. The van der Waals surface area contributed by atoms with Gasteiger partial charge in [0.1, 0.15) is 5.02 Å². The van der Waals surface area contributed by atoms with E-state index >= 15 is 0 Å². The molecule has 0 unspecified atom stereocenters. The van der Waals surface area contributed by atoms with Gasteiger partial charge in [0, 0.05) is 28.6 Å². The molecular weight excluding hydrogens is 378 g/mol. The molecule has 130 valence electrons. The van der Waals surface area contributed by atoms with Crippen molar-refractivity contribution in [1.82, 2.24) is 0 Å². The largest absolute Gasteiger partial charge is 0.759 e. The van der Waals surface area contributed by atoms with Gasteiger partial charge in [0.15, 0.2) is 4.98 Å². The minimum Gasteiger partial charge on any atom is -0.759 e. The Bertz CT molecular complexity index is 931. The average molecular weight is 385 g/mol. The topological polar surface area (TPSA) is 176 Å². The van der Waals surface area contributed by atoms with Gasteiger partial charge in [-0.15, -0.1) is 0 Å². The Hall–Kier alpha value is -2.98. The lowest BCUT2D eigenvalue weighted by Crippen LogP contribution is -1.91. The molecule has 13 heteroatoms. The first kappa shape index (κ1) is 20.1. The lowest BCUT2D eigenvalue weighted by molar-refractivity contribution is -0.384. The van der Waals surface area contributed by atoms with Crippen molar-refractivity contribution in [3.63, 3.8) is 0 Å².